The fourth-order valence-corrected chi connectivity index (χ4v) is 3.05. The minimum absolute atomic E-state index is 0.815. The van der Waals surface area contributed by atoms with Gasteiger partial charge in [-0.3, -0.25) is 0 Å². The molecule has 0 heterocycles. The molecule has 0 radical (unpaired) electrons. The first-order valence-electron chi connectivity index (χ1n) is 8.52. The minimum Gasteiger partial charge on any atom is -0.457 e. The molecule has 0 aromatic heterocycles. The van der Waals surface area contributed by atoms with Crippen LogP contribution in [0.3, 0.4) is 0 Å². The molecule has 0 aliphatic heterocycles. The Labute approximate surface area is 150 Å². The largest absolute Gasteiger partial charge is 0.457 e. The van der Waals surface area contributed by atoms with E-state index < -0.39 is 0 Å². The van der Waals surface area contributed by atoms with E-state index in [4.69, 9.17) is 9.47 Å². The van der Waals surface area contributed by atoms with Gasteiger partial charge < -0.3 is 9.47 Å². The molecule has 0 saturated heterocycles. The minimum atomic E-state index is 0.815. The molecule has 3 rings (SSSR count). The SMILES string of the molecule is Cc1cc(C)cc(Oc2ccc(Oc3cc(C)cc(C)c3)c(C)c2)c1. The first-order chi connectivity index (χ1) is 11.9. The Morgan fingerprint density at radius 2 is 0.960 bits per heavy atom. The van der Waals surface area contributed by atoms with Crippen LogP contribution >= 0.6 is 0 Å². The summed E-state index contributed by atoms with van der Waals surface area (Å²) in [6.07, 6.45) is 0. The molecule has 0 aliphatic carbocycles. The fraction of sp³-hybridized carbons (Fsp3) is 0.217. The molecular weight excluding hydrogens is 308 g/mol. The summed E-state index contributed by atoms with van der Waals surface area (Å²) >= 11 is 0. The standard InChI is InChI=1S/C23H24O2/c1-15-8-16(2)11-21(10-15)24-20-6-7-23(19(5)14-20)25-22-12-17(3)9-18(4)13-22/h6-14H,1-5H3. The van der Waals surface area contributed by atoms with Gasteiger partial charge in [-0.15, -0.1) is 0 Å². The summed E-state index contributed by atoms with van der Waals surface area (Å²) in [4.78, 5) is 0. The van der Waals surface area contributed by atoms with E-state index in [2.05, 4.69) is 39.8 Å². The lowest BCUT2D eigenvalue weighted by Gasteiger charge is -2.13. The maximum absolute atomic E-state index is 6.06. The van der Waals surface area contributed by atoms with Crippen LogP contribution in [-0.4, -0.2) is 0 Å². The van der Waals surface area contributed by atoms with Crippen molar-refractivity contribution in [1.29, 1.82) is 0 Å². The van der Waals surface area contributed by atoms with Crippen molar-refractivity contribution in [3.8, 4) is 23.0 Å². The van der Waals surface area contributed by atoms with Gasteiger partial charge in [-0.1, -0.05) is 12.1 Å². The average molecular weight is 332 g/mol. The molecule has 0 aliphatic rings. The molecule has 128 valence electrons. The van der Waals surface area contributed by atoms with Crippen molar-refractivity contribution in [2.45, 2.75) is 34.6 Å². The van der Waals surface area contributed by atoms with Gasteiger partial charge in [0.05, 0.1) is 0 Å². The number of rotatable bonds is 4. The van der Waals surface area contributed by atoms with Crippen molar-refractivity contribution in [3.63, 3.8) is 0 Å². The van der Waals surface area contributed by atoms with E-state index in [-0.39, 0.29) is 0 Å². The molecule has 0 saturated carbocycles. The predicted molar refractivity (Wildman–Crippen MR) is 103 cm³/mol. The molecule has 0 N–H and O–H groups in total. The second-order valence-corrected chi connectivity index (χ2v) is 6.78. The van der Waals surface area contributed by atoms with Crippen LogP contribution in [0, 0.1) is 34.6 Å². The van der Waals surface area contributed by atoms with Crippen LogP contribution in [0.5, 0.6) is 23.0 Å². The zero-order chi connectivity index (χ0) is 18.0. The summed E-state index contributed by atoms with van der Waals surface area (Å²) in [5.41, 5.74) is 5.83. The summed E-state index contributed by atoms with van der Waals surface area (Å²) in [6, 6.07) is 18.4. The smallest absolute Gasteiger partial charge is 0.130 e. The van der Waals surface area contributed by atoms with Crippen molar-refractivity contribution >= 4 is 0 Å². The van der Waals surface area contributed by atoms with Gasteiger partial charge in [-0.2, -0.15) is 0 Å². The van der Waals surface area contributed by atoms with Gasteiger partial charge in [0.25, 0.3) is 0 Å². The summed E-state index contributed by atoms with van der Waals surface area (Å²) in [5, 5.41) is 0. The number of aryl methyl sites for hydroxylation is 5. The fourth-order valence-electron chi connectivity index (χ4n) is 3.05. The van der Waals surface area contributed by atoms with Gasteiger partial charge in [0.15, 0.2) is 0 Å². The van der Waals surface area contributed by atoms with Gasteiger partial charge in [0.1, 0.15) is 23.0 Å². The first-order valence-corrected chi connectivity index (χ1v) is 8.52. The van der Waals surface area contributed by atoms with Crippen LogP contribution in [0.25, 0.3) is 0 Å². The van der Waals surface area contributed by atoms with Crippen LogP contribution < -0.4 is 9.47 Å². The van der Waals surface area contributed by atoms with E-state index in [1.165, 1.54) is 22.3 Å². The Morgan fingerprint density at radius 1 is 0.480 bits per heavy atom. The van der Waals surface area contributed by atoms with Gasteiger partial charge in [0.2, 0.25) is 0 Å². The molecule has 0 fully saturated rings. The quantitative estimate of drug-likeness (QED) is 0.522. The molecule has 0 bridgehead atoms. The Kier molecular flexibility index (Phi) is 4.80. The Hall–Kier alpha value is -2.74. The number of ether oxygens (including phenoxy) is 2. The van der Waals surface area contributed by atoms with Crippen molar-refractivity contribution in [2.24, 2.45) is 0 Å². The zero-order valence-corrected chi connectivity index (χ0v) is 15.5. The normalized spacial score (nSPS) is 10.6. The molecule has 25 heavy (non-hydrogen) atoms. The van der Waals surface area contributed by atoms with Crippen molar-refractivity contribution in [1.82, 2.24) is 0 Å². The van der Waals surface area contributed by atoms with Crippen molar-refractivity contribution in [2.75, 3.05) is 0 Å². The highest BCUT2D eigenvalue weighted by molar-refractivity contribution is 5.45. The van der Waals surface area contributed by atoms with Crippen LogP contribution in [0.15, 0.2) is 54.6 Å². The molecule has 3 aromatic rings. The number of hydrogen-bond donors (Lipinski definition) is 0. The van der Waals surface area contributed by atoms with Gasteiger partial charge in [-0.05, 0) is 105 Å². The summed E-state index contributed by atoms with van der Waals surface area (Å²) in [6.45, 7) is 10.3. The second-order valence-electron chi connectivity index (χ2n) is 6.78. The Bertz CT molecular complexity index is 869. The van der Waals surface area contributed by atoms with E-state index in [0.29, 0.717) is 0 Å². The zero-order valence-electron chi connectivity index (χ0n) is 15.5. The van der Waals surface area contributed by atoms with E-state index in [1.807, 2.05) is 49.4 Å². The average Bonchev–Trinajstić information content (AvgIpc) is 2.48. The molecular formula is C23H24O2. The first kappa shape index (κ1) is 17.1. The highest BCUT2D eigenvalue weighted by Crippen LogP contribution is 2.31. The van der Waals surface area contributed by atoms with Crippen LogP contribution in [-0.2, 0) is 0 Å². The highest BCUT2D eigenvalue weighted by atomic mass is 16.5. The molecule has 2 heteroatoms. The monoisotopic (exact) mass is 332 g/mol. The van der Waals surface area contributed by atoms with Crippen LogP contribution in [0.2, 0.25) is 0 Å². The second kappa shape index (κ2) is 7.02. The predicted octanol–water partition coefficient (Wildman–Crippen LogP) is 6.81. The van der Waals surface area contributed by atoms with Crippen LogP contribution in [0.4, 0.5) is 0 Å². The molecule has 0 unspecified atom stereocenters. The highest BCUT2D eigenvalue weighted by Gasteiger charge is 2.06. The van der Waals surface area contributed by atoms with Crippen LogP contribution in [0.1, 0.15) is 27.8 Å². The molecule has 0 atom stereocenters. The molecule has 2 nitrogen and oxygen atoms in total. The molecule has 0 spiro atoms. The third kappa shape index (κ3) is 4.42. The summed E-state index contributed by atoms with van der Waals surface area (Å²) < 4.78 is 12.1. The van der Waals surface area contributed by atoms with E-state index in [0.717, 1.165) is 28.6 Å². The van der Waals surface area contributed by atoms with Gasteiger partial charge in [-0.25, -0.2) is 0 Å². The molecule has 0 amide bonds. The Balaban J connectivity index is 1.80. The maximum Gasteiger partial charge on any atom is 0.130 e. The van der Waals surface area contributed by atoms with Gasteiger partial charge >= 0.3 is 0 Å². The maximum atomic E-state index is 6.06. The van der Waals surface area contributed by atoms with E-state index >= 15 is 0 Å². The molecule has 3 aromatic carbocycles. The summed E-state index contributed by atoms with van der Waals surface area (Å²) in [7, 11) is 0. The van der Waals surface area contributed by atoms with Crippen molar-refractivity contribution < 1.29 is 9.47 Å². The lowest BCUT2D eigenvalue weighted by Crippen LogP contribution is -1.91. The summed E-state index contributed by atoms with van der Waals surface area (Å²) in [5.74, 6) is 3.39. The third-order valence-electron chi connectivity index (χ3n) is 4.00. The van der Waals surface area contributed by atoms with Gasteiger partial charge in [0, 0.05) is 0 Å². The Morgan fingerprint density at radius 3 is 1.44 bits per heavy atom. The van der Waals surface area contributed by atoms with E-state index in [9.17, 15) is 0 Å². The van der Waals surface area contributed by atoms with Crippen molar-refractivity contribution in [3.05, 3.63) is 82.4 Å². The lowest BCUT2D eigenvalue weighted by molar-refractivity contribution is 0.465. The lowest BCUT2D eigenvalue weighted by atomic mass is 10.1. The number of benzene rings is 3. The number of hydrogen-bond acceptors (Lipinski definition) is 2. The topological polar surface area (TPSA) is 18.5 Å². The van der Waals surface area contributed by atoms with E-state index in [1.54, 1.807) is 0 Å². The third-order valence-corrected chi connectivity index (χ3v) is 4.00.